The van der Waals surface area contributed by atoms with Crippen LogP contribution >= 0.6 is 0 Å². The fourth-order valence-corrected chi connectivity index (χ4v) is 5.05. The second-order valence-electron chi connectivity index (χ2n) is 9.85. The summed E-state index contributed by atoms with van der Waals surface area (Å²) in [7, 11) is 0. The molecule has 9 nitrogen and oxygen atoms in total. The summed E-state index contributed by atoms with van der Waals surface area (Å²) in [5.41, 5.74) is 3.11. The number of nitrogens with zero attached hydrogens (tertiary/aromatic N) is 6. The lowest BCUT2D eigenvalue weighted by Gasteiger charge is -2.32. The fraction of sp³-hybridized carbons (Fsp3) is 0.577. The molecule has 9 heteroatoms. The zero-order chi connectivity index (χ0) is 24.0. The summed E-state index contributed by atoms with van der Waals surface area (Å²) in [5, 5.41) is 7.25. The van der Waals surface area contributed by atoms with E-state index in [1.165, 1.54) is 5.56 Å². The van der Waals surface area contributed by atoms with Crippen LogP contribution in [0.25, 0.3) is 11.2 Å². The van der Waals surface area contributed by atoms with Gasteiger partial charge < -0.3 is 15.4 Å². The molecule has 0 spiro atoms. The standard InChI is InChI=1S/C26H38N8O/c1-20(2)34-25-23(31-26(34)27-10-13-32-14-16-35-17-15-32)24(28-19-29-25)30-22-8-11-33(12-9-22)18-21-6-4-3-5-7-21/h3-7,19-20,22H,8-18H2,1-2H3,(H,27,31)(H,28,29,30). The van der Waals surface area contributed by atoms with Gasteiger partial charge >= 0.3 is 0 Å². The van der Waals surface area contributed by atoms with Crippen molar-refractivity contribution in [2.24, 2.45) is 0 Å². The predicted octanol–water partition coefficient (Wildman–Crippen LogP) is 3.23. The van der Waals surface area contributed by atoms with Crippen LogP contribution in [0.15, 0.2) is 36.7 Å². The molecule has 2 aliphatic rings. The van der Waals surface area contributed by atoms with Crippen molar-refractivity contribution in [1.82, 2.24) is 29.3 Å². The van der Waals surface area contributed by atoms with Crippen LogP contribution < -0.4 is 10.6 Å². The van der Waals surface area contributed by atoms with Crippen LogP contribution in [0.5, 0.6) is 0 Å². The van der Waals surface area contributed by atoms with Crippen LogP contribution in [0, 0.1) is 0 Å². The van der Waals surface area contributed by atoms with Crippen molar-refractivity contribution >= 4 is 22.9 Å². The van der Waals surface area contributed by atoms with Crippen molar-refractivity contribution in [2.75, 3.05) is 63.1 Å². The van der Waals surface area contributed by atoms with Crippen molar-refractivity contribution < 1.29 is 4.74 Å². The van der Waals surface area contributed by atoms with Crippen LogP contribution in [0.2, 0.25) is 0 Å². The number of aromatic nitrogens is 4. The summed E-state index contributed by atoms with van der Waals surface area (Å²) in [6.07, 6.45) is 3.84. The van der Waals surface area contributed by atoms with Crippen LogP contribution in [-0.2, 0) is 11.3 Å². The van der Waals surface area contributed by atoms with E-state index < -0.39 is 0 Å². The molecule has 188 valence electrons. The van der Waals surface area contributed by atoms with Crippen LogP contribution in [0.3, 0.4) is 0 Å². The maximum absolute atomic E-state index is 5.46. The number of hydrogen-bond donors (Lipinski definition) is 2. The van der Waals surface area contributed by atoms with E-state index in [0.717, 1.165) is 94.8 Å². The Kier molecular flexibility index (Phi) is 7.75. The molecule has 5 rings (SSSR count). The lowest BCUT2D eigenvalue weighted by Crippen LogP contribution is -2.39. The number of imidazole rings is 1. The molecule has 0 bridgehead atoms. The normalized spacial score (nSPS) is 18.4. The molecule has 2 saturated heterocycles. The Morgan fingerprint density at radius 2 is 1.77 bits per heavy atom. The molecule has 0 radical (unpaired) electrons. The third-order valence-electron chi connectivity index (χ3n) is 6.99. The number of hydrogen-bond acceptors (Lipinski definition) is 8. The van der Waals surface area contributed by atoms with Crippen molar-refractivity contribution in [3.8, 4) is 0 Å². The minimum Gasteiger partial charge on any atom is -0.379 e. The average Bonchev–Trinajstić information content (AvgIpc) is 3.26. The number of anilines is 2. The molecule has 2 aromatic heterocycles. The summed E-state index contributed by atoms with van der Waals surface area (Å²) in [4.78, 5) is 19.1. The maximum Gasteiger partial charge on any atom is 0.205 e. The number of likely N-dealkylation sites (tertiary alicyclic amines) is 1. The number of piperidine rings is 1. The van der Waals surface area contributed by atoms with Crippen molar-refractivity contribution in [2.45, 2.75) is 45.3 Å². The first kappa shape index (κ1) is 24.0. The molecule has 4 heterocycles. The molecule has 2 N–H and O–H groups in total. The summed E-state index contributed by atoms with van der Waals surface area (Å²) in [6.45, 7) is 13.0. The van der Waals surface area contributed by atoms with E-state index in [1.807, 2.05) is 0 Å². The summed E-state index contributed by atoms with van der Waals surface area (Å²) >= 11 is 0. The van der Waals surface area contributed by atoms with Gasteiger partial charge in [0.2, 0.25) is 5.95 Å². The number of fused-ring (bicyclic) bond motifs is 1. The van der Waals surface area contributed by atoms with Crippen LogP contribution in [0.4, 0.5) is 11.8 Å². The van der Waals surface area contributed by atoms with Gasteiger partial charge in [-0.05, 0) is 32.3 Å². The molecule has 2 aliphatic heterocycles. The van der Waals surface area contributed by atoms with Gasteiger partial charge in [-0.15, -0.1) is 0 Å². The molecule has 0 unspecified atom stereocenters. The van der Waals surface area contributed by atoms with Crippen molar-refractivity contribution in [3.63, 3.8) is 0 Å². The Hall–Kier alpha value is -2.75. The van der Waals surface area contributed by atoms with Gasteiger partial charge in [0.1, 0.15) is 6.33 Å². The minimum absolute atomic E-state index is 0.245. The highest BCUT2D eigenvalue weighted by Crippen LogP contribution is 2.28. The summed E-state index contributed by atoms with van der Waals surface area (Å²) < 4.78 is 7.64. The van der Waals surface area contributed by atoms with Gasteiger partial charge in [-0.25, -0.2) is 15.0 Å². The topological polar surface area (TPSA) is 83.4 Å². The van der Waals surface area contributed by atoms with E-state index >= 15 is 0 Å². The first-order chi connectivity index (χ1) is 17.2. The fourth-order valence-electron chi connectivity index (χ4n) is 5.05. The molecule has 0 atom stereocenters. The summed E-state index contributed by atoms with van der Waals surface area (Å²) in [5.74, 6) is 1.71. The molecular weight excluding hydrogens is 440 g/mol. The lowest BCUT2D eigenvalue weighted by molar-refractivity contribution is 0.0398. The summed E-state index contributed by atoms with van der Waals surface area (Å²) in [6, 6.07) is 11.4. The number of nitrogens with one attached hydrogen (secondary N) is 2. The van der Waals surface area contributed by atoms with Gasteiger partial charge in [0.25, 0.3) is 0 Å². The van der Waals surface area contributed by atoms with Gasteiger partial charge in [-0.1, -0.05) is 30.3 Å². The maximum atomic E-state index is 5.46. The smallest absolute Gasteiger partial charge is 0.205 e. The number of rotatable bonds is 9. The number of morpholine rings is 1. The first-order valence-electron chi connectivity index (χ1n) is 13.0. The van der Waals surface area contributed by atoms with E-state index in [4.69, 9.17) is 9.72 Å². The Morgan fingerprint density at radius 3 is 2.51 bits per heavy atom. The molecule has 0 aliphatic carbocycles. The second-order valence-corrected chi connectivity index (χ2v) is 9.85. The SMILES string of the molecule is CC(C)n1c(NCCN2CCOCC2)nc2c(NC3CCN(Cc4ccccc4)CC3)ncnc21. The van der Waals surface area contributed by atoms with E-state index in [2.05, 4.69) is 79.1 Å². The van der Waals surface area contributed by atoms with Gasteiger partial charge in [-0.3, -0.25) is 14.4 Å². The molecular formula is C26H38N8O. The van der Waals surface area contributed by atoms with Crippen molar-refractivity contribution in [3.05, 3.63) is 42.2 Å². The Balaban J connectivity index is 1.23. The van der Waals surface area contributed by atoms with Crippen molar-refractivity contribution in [1.29, 1.82) is 0 Å². The van der Waals surface area contributed by atoms with Gasteiger partial charge in [0.15, 0.2) is 17.0 Å². The van der Waals surface area contributed by atoms with Crippen LogP contribution in [0.1, 0.15) is 38.3 Å². The molecule has 0 amide bonds. The molecule has 1 aromatic carbocycles. The third-order valence-corrected chi connectivity index (χ3v) is 6.99. The average molecular weight is 479 g/mol. The van der Waals surface area contributed by atoms with E-state index in [-0.39, 0.29) is 6.04 Å². The predicted molar refractivity (Wildman–Crippen MR) is 140 cm³/mol. The van der Waals surface area contributed by atoms with E-state index in [0.29, 0.717) is 6.04 Å². The molecule has 2 fully saturated rings. The number of ether oxygens (including phenoxy) is 1. The van der Waals surface area contributed by atoms with Gasteiger partial charge in [-0.2, -0.15) is 0 Å². The third kappa shape index (κ3) is 5.91. The van der Waals surface area contributed by atoms with Crippen LogP contribution in [-0.4, -0.2) is 87.8 Å². The minimum atomic E-state index is 0.245. The largest absolute Gasteiger partial charge is 0.379 e. The van der Waals surface area contributed by atoms with Gasteiger partial charge in [0, 0.05) is 57.9 Å². The van der Waals surface area contributed by atoms with E-state index in [9.17, 15) is 0 Å². The zero-order valence-corrected chi connectivity index (χ0v) is 21.0. The Labute approximate surface area is 207 Å². The Bertz CT molecular complexity index is 1070. The molecule has 35 heavy (non-hydrogen) atoms. The lowest BCUT2D eigenvalue weighted by atomic mass is 10.0. The highest BCUT2D eigenvalue weighted by molar-refractivity contribution is 5.85. The molecule has 0 saturated carbocycles. The Morgan fingerprint density at radius 1 is 1.00 bits per heavy atom. The number of benzene rings is 1. The first-order valence-corrected chi connectivity index (χ1v) is 13.0. The van der Waals surface area contributed by atoms with Gasteiger partial charge in [0.05, 0.1) is 13.2 Å². The highest BCUT2D eigenvalue weighted by atomic mass is 16.5. The molecule has 3 aromatic rings. The second kappa shape index (κ2) is 11.3. The zero-order valence-electron chi connectivity index (χ0n) is 21.0. The quantitative estimate of drug-likeness (QED) is 0.485. The highest BCUT2D eigenvalue weighted by Gasteiger charge is 2.23. The van der Waals surface area contributed by atoms with E-state index in [1.54, 1.807) is 6.33 Å². The monoisotopic (exact) mass is 478 g/mol.